The molecule has 0 bridgehead atoms. The number of aromatic nitrogens is 3. The number of amides is 2. The number of H-pyrrole nitrogens is 1. The van der Waals surface area contributed by atoms with Gasteiger partial charge in [-0.3, -0.25) is 19.7 Å². The van der Waals surface area contributed by atoms with Gasteiger partial charge in [-0.25, -0.2) is 0 Å². The number of anilines is 1. The van der Waals surface area contributed by atoms with E-state index in [1.54, 1.807) is 35.4 Å². The highest BCUT2D eigenvalue weighted by Crippen LogP contribution is 2.28. The molecular formula is C16H13N5O2S. The first-order valence-electron chi connectivity index (χ1n) is 7.33. The maximum absolute atomic E-state index is 12.5. The zero-order chi connectivity index (χ0) is 16.5. The van der Waals surface area contributed by atoms with Gasteiger partial charge >= 0.3 is 0 Å². The molecule has 0 aromatic carbocycles. The minimum Gasteiger partial charge on any atom is -0.327 e. The van der Waals surface area contributed by atoms with Crippen LogP contribution < -0.4 is 5.32 Å². The van der Waals surface area contributed by atoms with E-state index < -0.39 is 0 Å². The van der Waals surface area contributed by atoms with Crippen molar-refractivity contribution in [2.24, 2.45) is 0 Å². The molecule has 0 fully saturated rings. The number of aromatic amines is 1. The van der Waals surface area contributed by atoms with E-state index in [0.29, 0.717) is 29.5 Å². The molecule has 4 heterocycles. The fourth-order valence-electron chi connectivity index (χ4n) is 2.62. The highest BCUT2D eigenvalue weighted by atomic mass is 32.1. The molecule has 2 N–H and O–H groups in total. The molecular weight excluding hydrogens is 326 g/mol. The molecule has 2 amide bonds. The van der Waals surface area contributed by atoms with Crippen LogP contribution in [0.5, 0.6) is 0 Å². The first kappa shape index (κ1) is 14.6. The lowest BCUT2D eigenvalue weighted by Crippen LogP contribution is -2.26. The summed E-state index contributed by atoms with van der Waals surface area (Å²) in [6.07, 6.45) is 1.59. The van der Waals surface area contributed by atoms with Crippen molar-refractivity contribution < 1.29 is 9.59 Å². The first-order valence-corrected chi connectivity index (χ1v) is 8.21. The van der Waals surface area contributed by atoms with Crippen LogP contribution in [0.2, 0.25) is 0 Å². The Hall–Kier alpha value is -3.00. The summed E-state index contributed by atoms with van der Waals surface area (Å²) < 4.78 is 0. The first-order chi connectivity index (χ1) is 11.7. The normalized spacial score (nSPS) is 12.9. The molecule has 0 saturated heterocycles. The van der Waals surface area contributed by atoms with Crippen LogP contribution in [-0.2, 0) is 13.1 Å². The van der Waals surface area contributed by atoms with E-state index in [2.05, 4.69) is 20.5 Å². The van der Waals surface area contributed by atoms with Gasteiger partial charge in [-0.1, -0.05) is 12.1 Å². The molecule has 7 nitrogen and oxygen atoms in total. The van der Waals surface area contributed by atoms with Gasteiger partial charge in [0.2, 0.25) is 0 Å². The summed E-state index contributed by atoms with van der Waals surface area (Å²) in [7, 11) is 0. The van der Waals surface area contributed by atoms with E-state index in [1.165, 1.54) is 11.3 Å². The van der Waals surface area contributed by atoms with Gasteiger partial charge < -0.3 is 10.2 Å². The smallest absolute Gasteiger partial charge is 0.273 e. The van der Waals surface area contributed by atoms with E-state index in [-0.39, 0.29) is 11.8 Å². The second-order valence-corrected chi connectivity index (χ2v) is 6.28. The van der Waals surface area contributed by atoms with Crippen molar-refractivity contribution in [1.82, 2.24) is 20.1 Å². The Morgan fingerprint density at radius 2 is 2.12 bits per heavy atom. The number of carbonyl (C=O) groups is 2. The van der Waals surface area contributed by atoms with Crippen molar-refractivity contribution in [2.75, 3.05) is 5.32 Å². The Balaban J connectivity index is 1.51. The number of fused-ring (bicyclic) bond motifs is 1. The van der Waals surface area contributed by atoms with Crippen LogP contribution in [0.1, 0.15) is 31.4 Å². The van der Waals surface area contributed by atoms with Crippen LogP contribution in [0.15, 0.2) is 41.9 Å². The average molecular weight is 339 g/mol. The summed E-state index contributed by atoms with van der Waals surface area (Å²) in [6.45, 7) is 0.813. The lowest BCUT2D eigenvalue weighted by molar-refractivity contribution is 0.0744. The molecule has 1 aliphatic heterocycles. The summed E-state index contributed by atoms with van der Waals surface area (Å²) >= 11 is 1.37. The van der Waals surface area contributed by atoms with Crippen molar-refractivity contribution in [2.45, 2.75) is 13.1 Å². The average Bonchev–Trinajstić information content (AvgIpc) is 3.33. The third-order valence-corrected chi connectivity index (χ3v) is 4.67. The number of hydrogen-bond donors (Lipinski definition) is 2. The monoisotopic (exact) mass is 339 g/mol. The minimum atomic E-state index is -0.200. The van der Waals surface area contributed by atoms with Gasteiger partial charge in [0.1, 0.15) is 5.69 Å². The van der Waals surface area contributed by atoms with Crippen LogP contribution in [0, 0.1) is 0 Å². The second-order valence-electron chi connectivity index (χ2n) is 5.34. The lowest BCUT2D eigenvalue weighted by Gasteiger charge is -2.15. The molecule has 4 rings (SSSR count). The third kappa shape index (κ3) is 2.56. The maximum Gasteiger partial charge on any atom is 0.273 e. The predicted octanol–water partition coefficient (Wildman–Crippen LogP) is 2.27. The molecule has 0 spiro atoms. The zero-order valence-corrected chi connectivity index (χ0v) is 13.3. The highest BCUT2D eigenvalue weighted by molar-refractivity contribution is 7.12. The number of hydrogen-bond acceptors (Lipinski definition) is 5. The summed E-state index contributed by atoms with van der Waals surface area (Å²) in [5, 5.41) is 11.7. The quantitative estimate of drug-likeness (QED) is 0.766. The van der Waals surface area contributed by atoms with E-state index in [4.69, 9.17) is 0 Å². The molecule has 0 radical (unpaired) electrons. The van der Waals surface area contributed by atoms with E-state index in [1.807, 2.05) is 11.4 Å². The molecule has 0 saturated carbocycles. The Kier molecular flexibility index (Phi) is 3.58. The number of nitrogens with one attached hydrogen (secondary N) is 2. The van der Waals surface area contributed by atoms with Crippen molar-refractivity contribution >= 4 is 29.0 Å². The van der Waals surface area contributed by atoms with Crippen LogP contribution in [0.4, 0.5) is 5.82 Å². The third-order valence-electron chi connectivity index (χ3n) is 3.80. The zero-order valence-electron chi connectivity index (χ0n) is 12.5. The van der Waals surface area contributed by atoms with E-state index >= 15 is 0 Å². The van der Waals surface area contributed by atoms with Crippen LogP contribution in [-0.4, -0.2) is 31.9 Å². The highest BCUT2D eigenvalue weighted by Gasteiger charge is 2.30. The fourth-order valence-corrected chi connectivity index (χ4v) is 3.23. The molecule has 120 valence electrons. The van der Waals surface area contributed by atoms with Crippen molar-refractivity contribution in [3.05, 3.63) is 63.7 Å². The number of pyridine rings is 1. The van der Waals surface area contributed by atoms with Crippen LogP contribution >= 0.6 is 11.3 Å². The van der Waals surface area contributed by atoms with Gasteiger partial charge in [-0.15, -0.1) is 11.3 Å². The molecule has 3 aromatic heterocycles. The van der Waals surface area contributed by atoms with E-state index in [9.17, 15) is 9.59 Å². The van der Waals surface area contributed by atoms with Crippen LogP contribution in [0.3, 0.4) is 0 Å². The van der Waals surface area contributed by atoms with Gasteiger partial charge in [-0.05, 0) is 23.6 Å². The Labute approximate surface area is 141 Å². The summed E-state index contributed by atoms with van der Waals surface area (Å²) in [4.78, 5) is 31.0. The summed E-state index contributed by atoms with van der Waals surface area (Å²) in [6, 6.07) is 8.81. The number of thiophene rings is 1. The van der Waals surface area contributed by atoms with Gasteiger partial charge in [0.25, 0.3) is 11.8 Å². The minimum absolute atomic E-state index is 0.143. The molecule has 1 aliphatic rings. The van der Waals surface area contributed by atoms with E-state index in [0.717, 1.165) is 11.3 Å². The molecule has 0 unspecified atom stereocenters. The molecule has 3 aromatic rings. The standard InChI is InChI=1S/C16H13N5O2S/c22-15(13-5-3-7-24-13)18-14-10-8-21(9-12(10)19-20-14)16(23)11-4-1-2-6-17-11/h1-7H,8-9H2,(H2,18,19,20,22). The van der Waals surface area contributed by atoms with Crippen molar-refractivity contribution in [1.29, 1.82) is 0 Å². The summed E-state index contributed by atoms with van der Waals surface area (Å²) in [5.74, 6) is 0.129. The molecule has 8 heteroatoms. The van der Waals surface area contributed by atoms with Gasteiger partial charge in [0.05, 0.1) is 23.7 Å². The SMILES string of the molecule is O=C(Nc1n[nH]c2c1CN(C(=O)c1ccccn1)C2)c1cccs1. The number of carbonyl (C=O) groups excluding carboxylic acids is 2. The van der Waals surface area contributed by atoms with Crippen molar-refractivity contribution in [3.63, 3.8) is 0 Å². The van der Waals surface area contributed by atoms with Gasteiger partial charge in [-0.2, -0.15) is 5.10 Å². The predicted molar refractivity (Wildman–Crippen MR) is 88.7 cm³/mol. The number of nitrogens with zero attached hydrogens (tertiary/aromatic N) is 3. The fraction of sp³-hybridized carbons (Fsp3) is 0.125. The lowest BCUT2D eigenvalue weighted by atomic mass is 10.2. The van der Waals surface area contributed by atoms with Gasteiger partial charge in [0, 0.05) is 11.8 Å². The topological polar surface area (TPSA) is 91.0 Å². The Morgan fingerprint density at radius 3 is 2.88 bits per heavy atom. The second kappa shape index (κ2) is 5.89. The van der Waals surface area contributed by atoms with Crippen molar-refractivity contribution in [3.8, 4) is 0 Å². The molecule has 0 atom stereocenters. The maximum atomic E-state index is 12.5. The Bertz CT molecular complexity index is 889. The van der Waals surface area contributed by atoms with Gasteiger partial charge in [0.15, 0.2) is 5.82 Å². The number of rotatable bonds is 3. The largest absolute Gasteiger partial charge is 0.327 e. The molecule has 0 aliphatic carbocycles. The van der Waals surface area contributed by atoms with Crippen LogP contribution in [0.25, 0.3) is 0 Å². The Morgan fingerprint density at radius 1 is 1.21 bits per heavy atom. The summed E-state index contributed by atoms with van der Waals surface area (Å²) in [5.41, 5.74) is 2.07. The molecule has 24 heavy (non-hydrogen) atoms.